The summed E-state index contributed by atoms with van der Waals surface area (Å²) in [5.41, 5.74) is 7.70. The lowest BCUT2D eigenvalue weighted by Gasteiger charge is -2.10. The molecule has 0 saturated carbocycles. The van der Waals surface area contributed by atoms with Crippen molar-refractivity contribution in [3.05, 3.63) is 23.8 Å². The molecule has 0 aromatic heterocycles. The van der Waals surface area contributed by atoms with Gasteiger partial charge in [0.15, 0.2) is 0 Å². The molecule has 0 saturated heterocycles. The summed E-state index contributed by atoms with van der Waals surface area (Å²) in [5, 5.41) is 9.07. The van der Waals surface area contributed by atoms with E-state index in [0.29, 0.717) is 24.5 Å². The summed E-state index contributed by atoms with van der Waals surface area (Å²) in [5.74, 6) is 0.702. The lowest BCUT2D eigenvalue weighted by Crippen LogP contribution is -2.08. The van der Waals surface area contributed by atoms with Crippen molar-refractivity contribution in [3.63, 3.8) is 0 Å². The van der Waals surface area contributed by atoms with Crippen LogP contribution in [0.1, 0.15) is 25.8 Å². The van der Waals surface area contributed by atoms with Crippen molar-refractivity contribution >= 4 is 5.69 Å². The van der Waals surface area contributed by atoms with Gasteiger partial charge < -0.3 is 15.6 Å². The average molecular weight is 209 g/mol. The Labute approximate surface area is 90.9 Å². The molecular weight excluding hydrogens is 190 g/mol. The molecule has 3 nitrogen and oxygen atoms in total. The highest BCUT2D eigenvalue weighted by Crippen LogP contribution is 2.22. The van der Waals surface area contributed by atoms with Crippen LogP contribution in [0.2, 0.25) is 0 Å². The molecule has 0 aliphatic rings. The largest absolute Gasteiger partial charge is 0.491 e. The molecule has 1 aromatic carbocycles. The number of benzene rings is 1. The Bertz CT molecular complexity index is 310. The fourth-order valence-corrected chi connectivity index (χ4v) is 1.29. The van der Waals surface area contributed by atoms with Crippen LogP contribution >= 0.6 is 0 Å². The van der Waals surface area contributed by atoms with E-state index in [9.17, 15) is 0 Å². The fourth-order valence-electron chi connectivity index (χ4n) is 1.29. The number of ether oxygens (including phenoxy) is 1. The van der Waals surface area contributed by atoms with Gasteiger partial charge >= 0.3 is 0 Å². The van der Waals surface area contributed by atoms with Crippen LogP contribution in [0, 0.1) is 0 Å². The lowest BCUT2D eigenvalue weighted by atomic mass is 10.1. The van der Waals surface area contributed by atoms with E-state index in [2.05, 4.69) is 6.92 Å². The number of rotatable bonds is 5. The molecule has 0 fully saturated rings. The van der Waals surface area contributed by atoms with Crippen LogP contribution < -0.4 is 10.5 Å². The molecule has 0 radical (unpaired) electrons. The van der Waals surface area contributed by atoms with Crippen molar-refractivity contribution in [1.29, 1.82) is 0 Å². The molecule has 0 aliphatic heterocycles. The molecular formula is C12H19NO2. The Balaban J connectivity index is 2.54. The smallest absolute Gasteiger partial charge is 0.142 e. The van der Waals surface area contributed by atoms with E-state index < -0.39 is 0 Å². The van der Waals surface area contributed by atoms with E-state index in [1.54, 1.807) is 6.92 Å². The maximum absolute atomic E-state index is 9.07. The predicted molar refractivity (Wildman–Crippen MR) is 62.0 cm³/mol. The Kier molecular flexibility index (Phi) is 4.43. The highest BCUT2D eigenvalue weighted by Gasteiger charge is 2.02. The zero-order valence-corrected chi connectivity index (χ0v) is 9.36. The summed E-state index contributed by atoms with van der Waals surface area (Å²) >= 11 is 0. The molecule has 0 amide bonds. The first-order valence-corrected chi connectivity index (χ1v) is 5.32. The van der Waals surface area contributed by atoms with E-state index in [1.807, 2.05) is 18.2 Å². The van der Waals surface area contributed by atoms with Crippen molar-refractivity contribution < 1.29 is 9.84 Å². The van der Waals surface area contributed by atoms with Gasteiger partial charge in [-0.15, -0.1) is 0 Å². The molecule has 1 rings (SSSR count). The van der Waals surface area contributed by atoms with Crippen LogP contribution in [-0.4, -0.2) is 17.8 Å². The zero-order chi connectivity index (χ0) is 11.3. The van der Waals surface area contributed by atoms with Gasteiger partial charge in [-0.25, -0.2) is 0 Å². The van der Waals surface area contributed by atoms with Gasteiger partial charge in [0.2, 0.25) is 0 Å². The molecule has 1 aromatic rings. The Hall–Kier alpha value is -1.22. The molecule has 84 valence electrons. The molecule has 0 heterocycles. The topological polar surface area (TPSA) is 55.5 Å². The maximum atomic E-state index is 9.07. The molecule has 1 atom stereocenters. The van der Waals surface area contributed by atoms with Gasteiger partial charge in [-0.3, -0.25) is 0 Å². The first-order valence-electron chi connectivity index (χ1n) is 5.32. The van der Waals surface area contributed by atoms with Gasteiger partial charge in [-0.05, 0) is 31.0 Å². The Morgan fingerprint density at radius 3 is 2.73 bits per heavy atom. The number of anilines is 1. The van der Waals surface area contributed by atoms with Crippen LogP contribution in [0.3, 0.4) is 0 Å². The van der Waals surface area contributed by atoms with Crippen LogP contribution in [0.5, 0.6) is 5.75 Å². The molecule has 0 bridgehead atoms. The second-order valence-corrected chi connectivity index (χ2v) is 3.71. The summed E-state index contributed by atoms with van der Waals surface area (Å²) in [6.45, 7) is 4.32. The van der Waals surface area contributed by atoms with Gasteiger partial charge in [-0.1, -0.05) is 13.0 Å². The number of aliphatic hydroxyl groups is 1. The van der Waals surface area contributed by atoms with Gasteiger partial charge in [0.05, 0.1) is 18.4 Å². The van der Waals surface area contributed by atoms with Crippen LogP contribution in [0.25, 0.3) is 0 Å². The lowest BCUT2D eigenvalue weighted by molar-refractivity contribution is 0.156. The minimum Gasteiger partial charge on any atom is -0.491 e. The van der Waals surface area contributed by atoms with Crippen LogP contribution in [0.4, 0.5) is 5.69 Å². The number of nitrogens with two attached hydrogens (primary N) is 1. The number of hydrogen-bond acceptors (Lipinski definition) is 3. The third kappa shape index (κ3) is 3.80. The Morgan fingerprint density at radius 1 is 1.47 bits per heavy atom. The number of aryl methyl sites for hydroxylation is 1. The summed E-state index contributed by atoms with van der Waals surface area (Å²) in [4.78, 5) is 0. The summed E-state index contributed by atoms with van der Waals surface area (Å²) in [6.07, 6.45) is 1.26. The molecule has 3 N–H and O–H groups in total. The summed E-state index contributed by atoms with van der Waals surface area (Å²) in [6, 6.07) is 5.82. The number of hydrogen-bond donors (Lipinski definition) is 2. The predicted octanol–water partition coefficient (Wildman–Crippen LogP) is 1.98. The number of aliphatic hydroxyl groups excluding tert-OH is 1. The van der Waals surface area contributed by atoms with Crippen molar-refractivity contribution in [2.45, 2.75) is 32.8 Å². The van der Waals surface area contributed by atoms with Crippen LogP contribution in [-0.2, 0) is 6.42 Å². The Morgan fingerprint density at radius 2 is 2.20 bits per heavy atom. The number of nitrogen functional groups attached to an aromatic ring is 1. The second-order valence-electron chi connectivity index (χ2n) is 3.71. The van der Waals surface area contributed by atoms with Gasteiger partial charge in [-0.2, -0.15) is 0 Å². The van der Waals surface area contributed by atoms with Crippen molar-refractivity contribution in [1.82, 2.24) is 0 Å². The highest BCUT2D eigenvalue weighted by atomic mass is 16.5. The van der Waals surface area contributed by atoms with E-state index in [4.69, 9.17) is 15.6 Å². The van der Waals surface area contributed by atoms with Gasteiger partial charge in [0.1, 0.15) is 5.75 Å². The first kappa shape index (κ1) is 11.9. The standard InChI is InChI=1S/C12H19NO2/c1-3-10-4-5-12(11(13)8-10)15-7-6-9(2)14/h4-5,8-9,14H,3,6-7,13H2,1-2H3. The highest BCUT2D eigenvalue weighted by molar-refractivity contribution is 5.54. The average Bonchev–Trinajstić information content (AvgIpc) is 2.20. The zero-order valence-electron chi connectivity index (χ0n) is 9.36. The molecule has 3 heteroatoms. The molecule has 15 heavy (non-hydrogen) atoms. The minimum absolute atomic E-state index is 0.332. The van der Waals surface area contributed by atoms with Crippen molar-refractivity contribution in [2.24, 2.45) is 0 Å². The normalized spacial score (nSPS) is 12.5. The van der Waals surface area contributed by atoms with E-state index in [0.717, 1.165) is 6.42 Å². The summed E-state index contributed by atoms with van der Waals surface area (Å²) in [7, 11) is 0. The second kappa shape index (κ2) is 5.61. The third-order valence-corrected chi connectivity index (χ3v) is 2.28. The first-order chi connectivity index (χ1) is 7.13. The van der Waals surface area contributed by atoms with Gasteiger partial charge in [0.25, 0.3) is 0 Å². The third-order valence-electron chi connectivity index (χ3n) is 2.28. The molecule has 1 unspecified atom stereocenters. The monoisotopic (exact) mass is 209 g/mol. The fraction of sp³-hybridized carbons (Fsp3) is 0.500. The van der Waals surface area contributed by atoms with Crippen molar-refractivity contribution in [2.75, 3.05) is 12.3 Å². The quantitative estimate of drug-likeness (QED) is 0.729. The van der Waals surface area contributed by atoms with E-state index >= 15 is 0 Å². The van der Waals surface area contributed by atoms with E-state index in [1.165, 1.54) is 5.56 Å². The molecule has 0 spiro atoms. The maximum Gasteiger partial charge on any atom is 0.142 e. The van der Waals surface area contributed by atoms with Gasteiger partial charge in [0, 0.05) is 6.42 Å². The SMILES string of the molecule is CCc1ccc(OCCC(C)O)c(N)c1. The van der Waals surface area contributed by atoms with Crippen LogP contribution in [0.15, 0.2) is 18.2 Å². The van der Waals surface area contributed by atoms with Crippen molar-refractivity contribution in [3.8, 4) is 5.75 Å². The molecule has 0 aliphatic carbocycles. The minimum atomic E-state index is -0.332. The summed E-state index contributed by atoms with van der Waals surface area (Å²) < 4.78 is 5.46. The van der Waals surface area contributed by atoms with E-state index in [-0.39, 0.29) is 6.10 Å².